The van der Waals surface area contributed by atoms with Gasteiger partial charge in [-0.15, -0.1) is 0 Å². The summed E-state index contributed by atoms with van der Waals surface area (Å²) in [5.41, 5.74) is 0.916. The van der Waals surface area contributed by atoms with Crippen LogP contribution in [0.2, 0.25) is 0 Å². The van der Waals surface area contributed by atoms with Crippen molar-refractivity contribution in [3.8, 4) is 0 Å². The van der Waals surface area contributed by atoms with Crippen molar-refractivity contribution in [2.24, 2.45) is 5.92 Å². The smallest absolute Gasteiger partial charge is 0.247 e. The minimum Gasteiger partial charge on any atom is -0.446 e. The van der Waals surface area contributed by atoms with Gasteiger partial charge in [0.2, 0.25) is 5.91 Å². The predicted molar refractivity (Wildman–Crippen MR) is 65.9 cm³/mol. The van der Waals surface area contributed by atoms with Crippen LogP contribution in [0.4, 0.5) is 0 Å². The van der Waals surface area contributed by atoms with Gasteiger partial charge in [0.1, 0.15) is 6.04 Å². The van der Waals surface area contributed by atoms with Crippen LogP contribution in [0.25, 0.3) is 0 Å². The summed E-state index contributed by atoms with van der Waals surface area (Å²) in [7, 11) is 1.79. The third kappa shape index (κ3) is 1.92. The highest BCUT2D eigenvalue weighted by molar-refractivity contribution is 5.83. The Balaban J connectivity index is 1.79. The van der Waals surface area contributed by atoms with Crippen LogP contribution < -0.4 is 5.32 Å². The van der Waals surface area contributed by atoms with E-state index in [-0.39, 0.29) is 11.9 Å². The van der Waals surface area contributed by atoms with Crippen molar-refractivity contribution >= 4 is 5.91 Å². The molecule has 98 valence electrons. The lowest BCUT2D eigenvalue weighted by Crippen LogP contribution is -2.42. The lowest BCUT2D eigenvalue weighted by atomic mass is 9.85. The molecule has 1 amide bonds. The van der Waals surface area contributed by atoms with Crippen molar-refractivity contribution in [1.29, 1.82) is 0 Å². The third-order valence-electron chi connectivity index (χ3n) is 4.10. The average Bonchev–Trinajstić information content (AvgIpc) is 2.72. The van der Waals surface area contributed by atoms with Crippen molar-refractivity contribution in [2.45, 2.75) is 31.7 Å². The topological polar surface area (TPSA) is 58.4 Å². The zero-order chi connectivity index (χ0) is 12.5. The summed E-state index contributed by atoms with van der Waals surface area (Å²) in [6.07, 6.45) is 6.06. The Hall–Kier alpha value is -1.36. The van der Waals surface area contributed by atoms with Gasteiger partial charge in [-0.2, -0.15) is 0 Å². The maximum absolute atomic E-state index is 12.5. The van der Waals surface area contributed by atoms with Crippen LogP contribution in [0.5, 0.6) is 0 Å². The molecule has 0 radical (unpaired) electrons. The first kappa shape index (κ1) is 11.7. The van der Waals surface area contributed by atoms with Crippen molar-refractivity contribution in [3.63, 3.8) is 0 Å². The van der Waals surface area contributed by atoms with Crippen LogP contribution in [0.1, 0.15) is 36.8 Å². The zero-order valence-corrected chi connectivity index (χ0v) is 10.7. The summed E-state index contributed by atoms with van der Waals surface area (Å²) in [6.45, 7) is 1.65. The first-order valence-electron chi connectivity index (χ1n) is 6.68. The van der Waals surface area contributed by atoms with E-state index in [1.165, 1.54) is 25.7 Å². The van der Waals surface area contributed by atoms with Gasteiger partial charge in [-0.1, -0.05) is 6.42 Å². The molecule has 1 aliphatic heterocycles. The van der Waals surface area contributed by atoms with Crippen molar-refractivity contribution in [3.05, 3.63) is 17.8 Å². The van der Waals surface area contributed by atoms with Crippen molar-refractivity contribution < 1.29 is 9.21 Å². The van der Waals surface area contributed by atoms with E-state index in [0.29, 0.717) is 11.7 Å². The van der Waals surface area contributed by atoms with Crippen LogP contribution in [-0.4, -0.2) is 35.9 Å². The molecule has 1 aromatic heterocycles. The van der Waals surface area contributed by atoms with Gasteiger partial charge < -0.3 is 14.6 Å². The number of amides is 1. The molecular formula is C13H19N3O2. The molecule has 18 heavy (non-hydrogen) atoms. The first-order chi connectivity index (χ1) is 8.79. The van der Waals surface area contributed by atoms with E-state index in [2.05, 4.69) is 10.3 Å². The Labute approximate surface area is 107 Å². The van der Waals surface area contributed by atoms with E-state index >= 15 is 0 Å². The second-order valence-corrected chi connectivity index (χ2v) is 5.22. The molecule has 2 heterocycles. The average molecular weight is 249 g/mol. The quantitative estimate of drug-likeness (QED) is 0.872. The monoisotopic (exact) mass is 249 g/mol. The number of hydrogen-bond acceptors (Lipinski definition) is 4. The highest BCUT2D eigenvalue weighted by Gasteiger charge is 2.34. The Kier molecular flexibility index (Phi) is 3.07. The van der Waals surface area contributed by atoms with Crippen LogP contribution >= 0.6 is 0 Å². The molecule has 2 aliphatic rings. The molecule has 1 atom stereocenters. The number of rotatable bonds is 3. The maximum atomic E-state index is 12.5. The van der Waals surface area contributed by atoms with Gasteiger partial charge in [0.15, 0.2) is 12.2 Å². The molecule has 1 N–H and O–H groups in total. The van der Waals surface area contributed by atoms with Gasteiger partial charge in [0.05, 0.1) is 5.69 Å². The number of carbonyl (C=O) groups is 1. The molecule has 0 saturated heterocycles. The van der Waals surface area contributed by atoms with Crippen LogP contribution in [-0.2, 0) is 11.2 Å². The number of fused-ring (bicyclic) bond motifs is 1. The van der Waals surface area contributed by atoms with E-state index in [4.69, 9.17) is 4.42 Å². The Morgan fingerprint density at radius 1 is 1.56 bits per heavy atom. The van der Waals surface area contributed by atoms with Gasteiger partial charge in [-0.05, 0) is 25.8 Å². The number of nitrogens with one attached hydrogen (secondary N) is 1. The third-order valence-corrected chi connectivity index (χ3v) is 4.10. The highest BCUT2D eigenvalue weighted by Crippen LogP contribution is 2.30. The predicted octanol–water partition coefficient (Wildman–Crippen LogP) is 1.12. The van der Waals surface area contributed by atoms with Crippen LogP contribution in [0, 0.1) is 5.92 Å². The van der Waals surface area contributed by atoms with Crippen LogP contribution in [0.15, 0.2) is 10.8 Å². The summed E-state index contributed by atoms with van der Waals surface area (Å²) >= 11 is 0. The lowest BCUT2D eigenvalue weighted by molar-refractivity contribution is -0.134. The summed E-state index contributed by atoms with van der Waals surface area (Å²) in [4.78, 5) is 18.7. The van der Waals surface area contributed by atoms with Crippen LogP contribution in [0.3, 0.4) is 0 Å². The fraction of sp³-hybridized carbons (Fsp3) is 0.692. The van der Waals surface area contributed by atoms with E-state index in [1.807, 2.05) is 4.90 Å². The molecule has 3 rings (SSSR count). The molecule has 0 aromatic carbocycles. The first-order valence-corrected chi connectivity index (χ1v) is 6.68. The minimum absolute atomic E-state index is 0.125. The van der Waals surface area contributed by atoms with Crippen molar-refractivity contribution in [2.75, 3.05) is 20.1 Å². The molecule has 1 aliphatic carbocycles. The molecule has 5 heteroatoms. The van der Waals surface area contributed by atoms with E-state index in [0.717, 1.165) is 25.2 Å². The van der Waals surface area contributed by atoms with Gasteiger partial charge in [0, 0.05) is 19.5 Å². The number of carbonyl (C=O) groups excluding carboxylic acids is 1. The van der Waals surface area contributed by atoms with Gasteiger partial charge in [0.25, 0.3) is 0 Å². The van der Waals surface area contributed by atoms with Gasteiger partial charge in [-0.3, -0.25) is 4.79 Å². The second kappa shape index (κ2) is 4.72. The van der Waals surface area contributed by atoms with Gasteiger partial charge in [-0.25, -0.2) is 4.98 Å². The maximum Gasteiger partial charge on any atom is 0.247 e. The fourth-order valence-electron chi connectivity index (χ4n) is 2.77. The Morgan fingerprint density at radius 2 is 2.39 bits per heavy atom. The van der Waals surface area contributed by atoms with E-state index in [9.17, 15) is 4.79 Å². The highest BCUT2D eigenvalue weighted by atomic mass is 16.3. The molecule has 1 aromatic rings. The molecule has 0 bridgehead atoms. The van der Waals surface area contributed by atoms with Gasteiger partial charge >= 0.3 is 0 Å². The van der Waals surface area contributed by atoms with E-state index < -0.39 is 0 Å². The molecule has 1 fully saturated rings. The number of hydrogen-bond donors (Lipinski definition) is 1. The second-order valence-electron chi connectivity index (χ2n) is 5.22. The summed E-state index contributed by atoms with van der Waals surface area (Å²) in [5, 5.41) is 3.05. The van der Waals surface area contributed by atoms with Crippen molar-refractivity contribution in [1.82, 2.24) is 15.2 Å². The SMILES string of the molecule is CNC1C(=O)N(CC2CCC2)CCc2ncoc21. The molecule has 5 nitrogen and oxygen atoms in total. The Bertz CT molecular complexity index is 439. The standard InChI is InChI=1S/C13H19N3O2/c1-14-11-12-10(15-8-18-12)5-6-16(13(11)17)7-9-3-2-4-9/h8-9,11,14H,2-7H2,1H3. The Morgan fingerprint density at radius 3 is 3.06 bits per heavy atom. The molecule has 1 saturated carbocycles. The summed E-state index contributed by atoms with van der Waals surface area (Å²) < 4.78 is 5.38. The molecule has 1 unspecified atom stereocenters. The largest absolute Gasteiger partial charge is 0.446 e. The fourth-order valence-corrected chi connectivity index (χ4v) is 2.77. The minimum atomic E-state index is -0.370. The number of nitrogens with zero attached hydrogens (tertiary/aromatic N) is 2. The molecule has 0 spiro atoms. The normalized spacial score (nSPS) is 24.6. The summed E-state index contributed by atoms with van der Waals surface area (Å²) in [6, 6.07) is -0.370. The summed E-state index contributed by atoms with van der Waals surface area (Å²) in [5.74, 6) is 1.52. The van der Waals surface area contributed by atoms with E-state index in [1.54, 1.807) is 7.05 Å². The number of aromatic nitrogens is 1. The molecular weight excluding hydrogens is 230 g/mol. The number of likely N-dealkylation sites (N-methyl/N-ethyl adjacent to an activating group) is 1. The zero-order valence-electron chi connectivity index (χ0n) is 10.7. The lowest BCUT2D eigenvalue weighted by Gasteiger charge is -2.32. The number of oxazole rings is 1.